The molecule has 13 heavy (non-hydrogen) atoms. The van der Waals surface area contributed by atoms with E-state index in [4.69, 9.17) is 11.6 Å². The zero-order valence-corrected chi connectivity index (χ0v) is 10.3. The second-order valence-electron chi connectivity index (χ2n) is 2.35. The molecule has 1 aromatic rings. The van der Waals surface area contributed by atoms with Gasteiger partial charge in [0.2, 0.25) is 0 Å². The van der Waals surface area contributed by atoms with Gasteiger partial charge in [0.15, 0.2) is 5.75 Å². The van der Waals surface area contributed by atoms with Gasteiger partial charge in [-0.05, 0) is 47.2 Å². The molecule has 0 fully saturated rings. The monoisotopic (exact) mass is 331 g/mol. The molecule has 0 heterocycles. The first-order valence-electron chi connectivity index (χ1n) is 3.24. The Labute approximate surface area is 97.1 Å². The fourth-order valence-corrected chi connectivity index (χ4v) is 2.71. The van der Waals surface area contributed by atoms with Crippen LogP contribution >= 0.6 is 34.2 Å². The van der Waals surface area contributed by atoms with Crippen LogP contribution in [0.15, 0.2) is 12.1 Å². The smallest absolute Gasteiger partial charge is 0.171 e. The maximum absolute atomic E-state index is 10.3. The minimum atomic E-state index is -2.58. The Morgan fingerprint density at radius 1 is 1.62 bits per heavy atom. The molecule has 72 valence electrons. The van der Waals surface area contributed by atoms with Crippen LogP contribution < -0.4 is 4.18 Å². The predicted molar refractivity (Wildman–Crippen MR) is 58.5 cm³/mol. The largest absolute Gasteiger partial charge is 0.740 e. The summed E-state index contributed by atoms with van der Waals surface area (Å²) in [6, 6.07) is 3.43. The van der Waals surface area contributed by atoms with Crippen molar-refractivity contribution in [2.75, 3.05) is 0 Å². The van der Waals surface area contributed by atoms with Gasteiger partial charge in [0.1, 0.15) is 11.4 Å². The summed E-state index contributed by atoms with van der Waals surface area (Å²) in [4.78, 5) is 0. The molecule has 0 spiro atoms. The van der Waals surface area contributed by atoms with Gasteiger partial charge in [-0.25, -0.2) is 4.21 Å². The zero-order chi connectivity index (χ0) is 10.0. The first-order chi connectivity index (χ1) is 6.00. The molecule has 0 aromatic heterocycles. The number of aryl methyl sites for hydroxylation is 1. The SMILES string of the molecule is Cc1cc(Cl)c(OS(=O)[O-])c(I)c1. The number of hydrogen-bond donors (Lipinski definition) is 0. The van der Waals surface area contributed by atoms with Gasteiger partial charge in [-0.3, -0.25) is 0 Å². The Bertz CT molecular complexity index is 333. The van der Waals surface area contributed by atoms with E-state index in [0.717, 1.165) is 5.56 Å². The fourth-order valence-electron chi connectivity index (χ4n) is 0.834. The minimum Gasteiger partial charge on any atom is -0.740 e. The first-order valence-corrected chi connectivity index (χ1v) is 5.69. The van der Waals surface area contributed by atoms with E-state index in [-0.39, 0.29) is 5.75 Å². The molecule has 0 aliphatic carbocycles. The Balaban J connectivity index is 3.13. The van der Waals surface area contributed by atoms with Crippen LogP contribution in [-0.2, 0) is 11.4 Å². The lowest BCUT2D eigenvalue weighted by molar-refractivity contribution is 0.439. The molecule has 0 saturated carbocycles. The van der Waals surface area contributed by atoms with Crippen LogP contribution in [0.2, 0.25) is 5.02 Å². The Morgan fingerprint density at radius 3 is 2.69 bits per heavy atom. The van der Waals surface area contributed by atoms with Gasteiger partial charge in [0.05, 0.1) is 8.59 Å². The van der Waals surface area contributed by atoms with Crippen molar-refractivity contribution in [2.45, 2.75) is 6.92 Å². The Morgan fingerprint density at radius 2 is 2.23 bits per heavy atom. The van der Waals surface area contributed by atoms with E-state index in [0.29, 0.717) is 8.59 Å². The van der Waals surface area contributed by atoms with Crippen molar-refractivity contribution in [3.63, 3.8) is 0 Å². The normalized spacial score (nSPS) is 12.6. The number of benzene rings is 1. The van der Waals surface area contributed by atoms with Crippen molar-refractivity contribution < 1.29 is 12.9 Å². The summed E-state index contributed by atoms with van der Waals surface area (Å²) in [5.41, 5.74) is 0.957. The maximum Gasteiger partial charge on any atom is 0.171 e. The van der Waals surface area contributed by atoms with Gasteiger partial charge in [-0.1, -0.05) is 11.6 Å². The summed E-state index contributed by atoms with van der Waals surface area (Å²) < 4.78 is 25.7. The highest BCUT2D eigenvalue weighted by atomic mass is 127. The number of halogens is 2. The lowest BCUT2D eigenvalue weighted by Gasteiger charge is -2.11. The van der Waals surface area contributed by atoms with Crippen molar-refractivity contribution in [1.82, 2.24) is 0 Å². The third-order valence-corrected chi connectivity index (χ3v) is 2.68. The quantitative estimate of drug-likeness (QED) is 0.618. The van der Waals surface area contributed by atoms with Gasteiger partial charge in [-0.15, -0.1) is 0 Å². The van der Waals surface area contributed by atoms with Crippen LogP contribution in [0.5, 0.6) is 5.75 Å². The van der Waals surface area contributed by atoms with Gasteiger partial charge in [0.25, 0.3) is 0 Å². The van der Waals surface area contributed by atoms with E-state index in [9.17, 15) is 8.76 Å². The highest BCUT2D eigenvalue weighted by Crippen LogP contribution is 2.31. The fraction of sp³-hybridized carbons (Fsp3) is 0.143. The topological polar surface area (TPSA) is 49.4 Å². The highest BCUT2D eigenvalue weighted by Gasteiger charge is 2.07. The summed E-state index contributed by atoms with van der Waals surface area (Å²) in [5, 5.41) is 0.300. The lowest BCUT2D eigenvalue weighted by Crippen LogP contribution is -2.00. The molecular weight excluding hydrogens is 326 g/mol. The second kappa shape index (κ2) is 4.59. The summed E-state index contributed by atoms with van der Waals surface area (Å²) in [7, 11) is 0. The van der Waals surface area contributed by atoms with E-state index in [1.54, 1.807) is 12.1 Å². The van der Waals surface area contributed by atoms with Crippen LogP contribution in [0, 0.1) is 10.5 Å². The minimum absolute atomic E-state index is 0.182. The van der Waals surface area contributed by atoms with Crippen LogP contribution in [0.3, 0.4) is 0 Å². The van der Waals surface area contributed by atoms with Crippen molar-refractivity contribution in [3.8, 4) is 5.75 Å². The molecule has 0 saturated heterocycles. The lowest BCUT2D eigenvalue weighted by atomic mass is 10.2. The molecule has 0 radical (unpaired) electrons. The molecule has 1 rings (SSSR count). The predicted octanol–water partition coefficient (Wildman–Crippen LogP) is 2.43. The molecule has 1 atom stereocenters. The zero-order valence-electron chi connectivity index (χ0n) is 6.54. The molecular formula is C7H5ClIO3S-. The average molecular weight is 332 g/mol. The highest BCUT2D eigenvalue weighted by molar-refractivity contribution is 14.1. The van der Waals surface area contributed by atoms with Crippen LogP contribution in [0.4, 0.5) is 0 Å². The van der Waals surface area contributed by atoms with Crippen molar-refractivity contribution in [1.29, 1.82) is 0 Å². The Kier molecular flexibility index (Phi) is 3.96. The van der Waals surface area contributed by atoms with E-state index in [1.807, 2.05) is 29.5 Å². The van der Waals surface area contributed by atoms with E-state index in [2.05, 4.69) is 4.18 Å². The number of hydrogen-bond acceptors (Lipinski definition) is 3. The van der Waals surface area contributed by atoms with Crippen LogP contribution in [0.25, 0.3) is 0 Å². The molecule has 3 nitrogen and oxygen atoms in total. The van der Waals surface area contributed by atoms with E-state index in [1.165, 1.54) is 0 Å². The van der Waals surface area contributed by atoms with Crippen LogP contribution in [-0.4, -0.2) is 8.76 Å². The second-order valence-corrected chi connectivity index (χ2v) is 4.49. The van der Waals surface area contributed by atoms with Crippen LogP contribution in [0.1, 0.15) is 5.56 Å². The van der Waals surface area contributed by atoms with Crippen molar-refractivity contribution >= 4 is 45.6 Å². The van der Waals surface area contributed by atoms with Gasteiger partial charge < -0.3 is 8.74 Å². The summed E-state index contributed by atoms with van der Waals surface area (Å²) in [5.74, 6) is 0.182. The molecule has 1 unspecified atom stereocenters. The average Bonchev–Trinajstić information content (AvgIpc) is 1.96. The van der Waals surface area contributed by atoms with Gasteiger partial charge in [0, 0.05) is 0 Å². The maximum atomic E-state index is 10.3. The van der Waals surface area contributed by atoms with Crippen molar-refractivity contribution in [3.05, 3.63) is 26.3 Å². The van der Waals surface area contributed by atoms with Crippen molar-refractivity contribution in [2.24, 2.45) is 0 Å². The van der Waals surface area contributed by atoms with Gasteiger partial charge in [-0.2, -0.15) is 0 Å². The third kappa shape index (κ3) is 3.08. The summed E-state index contributed by atoms with van der Waals surface area (Å²) in [6.45, 7) is 1.87. The van der Waals surface area contributed by atoms with E-state index < -0.39 is 11.4 Å². The molecule has 6 heteroatoms. The first kappa shape index (κ1) is 11.2. The molecule has 0 aliphatic rings. The number of rotatable bonds is 2. The molecule has 1 aromatic carbocycles. The van der Waals surface area contributed by atoms with Gasteiger partial charge >= 0.3 is 0 Å². The molecule has 0 N–H and O–H groups in total. The summed E-state index contributed by atoms with van der Waals surface area (Å²) >= 11 is 5.15. The Hall–Kier alpha value is 0.150. The summed E-state index contributed by atoms with van der Waals surface area (Å²) in [6.07, 6.45) is 0. The standard InChI is InChI=1S/C7H6ClIO3S/c1-4-2-5(8)7(6(9)3-4)12-13(10)11/h2-3H,1H3,(H,10,11)/p-1. The molecule has 0 aliphatic heterocycles. The van der Waals surface area contributed by atoms with E-state index >= 15 is 0 Å². The molecule has 0 amide bonds. The third-order valence-electron chi connectivity index (χ3n) is 1.29. The molecule has 0 bridgehead atoms.